The molecule has 1 aliphatic carbocycles. The highest BCUT2D eigenvalue weighted by Crippen LogP contribution is 2.17. The lowest BCUT2D eigenvalue weighted by Crippen LogP contribution is -2.22. The molecule has 0 aromatic carbocycles. The Morgan fingerprint density at radius 3 is 2.62 bits per heavy atom. The number of rotatable bonds is 1. The number of hydrogen-bond donors (Lipinski definition) is 1. The van der Waals surface area contributed by atoms with E-state index in [9.17, 15) is 0 Å². The Balaban J connectivity index is 2.53. The summed E-state index contributed by atoms with van der Waals surface area (Å²) in [4.78, 5) is 0. The van der Waals surface area contributed by atoms with Gasteiger partial charge < -0.3 is 9.94 Å². The van der Waals surface area contributed by atoms with Crippen molar-refractivity contribution in [2.75, 3.05) is 7.11 Å². The minimum atomic E-state index is 0.0445. The molecular weight excluding hydrogens is 166 g/mol. The maximum atomic E-state index is 8.81. The number of methoxy groups -OCH3 is 1. The van der Waals surface area contributed by atoms with Crippen LogP contribution >= 0.6 is 0 Å². The van der Waals surface area contributed by atoms with Crippen LogP contribution in [0.1, 0.15) is 44.9 Å². The molecule has 76 valence electrons. The highest BCUT2D eigenvalue weighted by atomic mass is 16.5. The van der Waals surface area contributed by atoms with E-state index in [0.29, 0.717) is 0 Å². The van der Waals surface area contributed by atoms with E-state index in [1.165, 1.54) is 25.7 Å². The summed E-state index contributed by atoms with van der Waals surface area (Å²) in [6.45, 7) is 0. The summed E-state index contributed by atoms with van der Waals surface area (Å²) in [5.41, 5.74) is 0.824. The lowest BCUT2D eigenvalue weighted by Gasteiger charge is -2.14. The molecule has 0 saturated heterocycles. The third kappa shape index (κ3) is 3.35. The van der Waals surface area contributed by atoms with Gasteiger partial charge in [0, 0.05) is 7.11 Å². The van der Waals surface area contributed by atoms with E-state index in [-0.39, 0.29) is 6.10 Å². The van der Waals surface area contributed by atoms with E-state index in [2.05, 4.69) is 5.16 Å². The largest absolute Gasteiger partial charge is 0.411 e. The Hall–Kier alpha value is -0.570. The monoisotopic (exact) mass is 185 g/mol. The Morgan fingerprint density at radius 1 is 1.23 bits per heavy atom. The van der Waals surface area contributed by atoms with Gasteiger partial charge in [-0.2, -0.15) is 0 Å². The molecule has 1 atom stereocenters. The van der Waals surface area contributed by atoms with Gasteiger partial charge in [0.1, 0.15) is 0 Å². The smallest absolute Gasteiger partial charge is 0.0985 e. The molecule has 1 N–H and O–H groups in total. The van der Waals surface area contributed by atoms with Crippen LogP contribution in [0.3, 0.4) is 0 Å². The van der Waals surface area contributed by atoms with Gasteiger partial charge in [-0.3, -0.25) is 0 Å². The van der Waals surface area contributed by atoms with Crippen molar-refractivity contribution in [3.63, 3.8) is 0 Å². The summed E-state index contributed by atoms with van der Waals surface area (Å²) in [6, 6.07) is 0. The molecule has 1 aliphatic rings. The molecule has 1 fully saturated rings. The number of ether oxygens (including phenoxy) is 1. The first-order chi connectivity index (χ1) is 6.38. The van der Waals surface area contributed by atoms with E-state index in [4.69, 9.17) is 9.94 Å². The minimum absolute atomic E-state index is 0.0445. The van der Waals surface area contributed by atoms with Crippen molar-refractivity contribution in [3.8, 4) is 0 Å². The van der Waals surface area contributed by atoms with E-state index in [0.717, 1.165) is 25.0 Å². The molecule has 0 amide bonds. The van der Waals surface area contributed by atoms with Gasteiger partial charge in [0.15, 0.2) is 0 Å². The van der Waals surface area contributed by atoms with Gasteiger partial charge in [-0.15, -0.1) is 0 Å². The summed E-state index contributed by atoms with van der Waals surface area (Å²) in [7, 11) is 1.69. The molecule has 0 aromatic rings. The zero-order valence-corrected chi connectivity index (χ0v) is 8.33. The zero-order valence-electron chi connectivity index (χ0n) is 8.33. The summed E-state index contributed by atoms with van der Waals surface area (Å²) in [5.74, 6) is 0. The molecule has 0 aromatic heterocycles. The second kappa shape index (κ2) is 5.97. The molecule has 13 heavy (non-hydrogen) atoms. The standard InChI is InChI=1S/C10H19NO2/c1-13-10-8-6-4-2-3-5-7-9(10)11-12/h10,12H,2-8H2,1H3. The Kier molecular flexibility index (Phi) is 4.83. The second-order valence-electron chi connectivity index (χ2n) is 3.62. The van der Waals surface area contributed by atoms with Crippen LogP contribution in [-0.4, -0.2) is 24.1 Å². The fourth-order valence-electron chi connectivity index (χ4n) is 1.86. The second-order valence-corrected chi connectivity index (χ2v) is 3.62. The van der Waals surface area contributed by atoms with Crippen molar-refractivity contribution in [1.29, 1.82) is 0 Å². The van der Waals surface area contributed by atoms with Gasteiger partial charge >= 0.3 is 0 Å². The molecule has 0 heterocycles. The molecule has 3 heteroatoms. The first kappa shape index (κ1) is 10.5. The van der Waals surface area contributed by atoms with Gasteiger partial charge in [0.2, 0.25) is 0 Å². The molecule has 0 spiro atoms. The molecule has 0 bridgehead atoms. The molecule has 0 radical (unpaired) electrons. The molecule has 1 unspecified atom stereocenters. The first-order valence-electron chi connectivity index (χ1n) is 5.12. The van der Waals surface area contributed by atoms with Crippen LogP contribution in [0.15, 0.2) is 5.16 Å². The lowest BCUT2D eigenvalue weighted by atomic mass is 10.1. The van der Waals surface area contributed by atoms with Crippen molar-refractivity contribution < 1.29 is 9.94 Å². The summed E-state index contributed by atoms with van der Waals surface area (Å²) in [5, 5.41) is 12.1. The van der Waals surface area contributed by atoms with Crippen LogP contribution in [0.5, 0.6) is 0 Å². The SMILES string of the molecule is COC1CCCCCCCC1=NO. The van der Waals surface area contributed by atoms with Crippen LogP contribution < -0.4 is 0 Å². The predicted molar refractivity (Wildman–Crippen MR) is 52.3 cm³/mol. The van der Waals surface area contributed by atoms with Crippen molar-refractivity contribution in [3.05, 3.63) is 0 Å². The fourth-order valence-corrected chi connectivity index (χ4v) is 1.86. The van der Waals surface area contributed by atoms with E-state index >= 15 is 0 Å². The van der Waals surface area contributed by atoms with Gasteiger partial charge in [0.05, 0.1) is 11.8 Å². The maximum Gasteiger partial charge on any atom is 0.0985 e. The normalized spacial score (nSPS) is 29.3. The van der Waals surface area contributed by atoms with Gasteiger partial charge in [-0.25, -0.2) is 0 Å². The average Bonchev–Trinajstić information content (AvgIpc) is 2.28. The van der Waals surface area contributed by atoms with Gasteiger partial charge in [0.25, 0.3) is 0 Å². The van der Waals surface area contributed by atoms with E-state index in [1.807, 2.05) is 0 Å². The lowest BCUT2D eigenvalue weighted by molar-refractivity contribution is 0.140. The van der Waals surface area contributed by atoms with Crippen molar-refractivity contribution in [2.24, 2.45) is 5.16 Å². The van der Waals surface area contributed by atoms with Gasteiger partial charge in [-0.1, -0.05) is 30.8 Å². The average molecular weight is 185 g/mol. The Morgan fingerprint density at radius 2 is 1.92 bits per heavy atom. The summed E-state index contributed by atoms with van der Waals surface area (Å²) >= 11 is 0. The summed E-state index contributed by atoms with van der Waals surface area (Å²) < 4.78 is 5.29. The van der Waals surface area contributed by atoms with Crippen LogP contribution in [0.25, 0.3) is 0 Å². The maximum absolute atomic E-state index is 8.81. The van der Waals surface area contributed by atoms with Crippen LogP contribution in [0.4, 0.5) is 0 Å². The molecular formula is C10H19NO2. The number of oxime groups is 1. The molecule has 1 rings (SSSR count). The van der Waals surface area contributed by atoms with Crippen LogP contribution in [0, 0.1) is 0 Å². The van der Waals surface area contributed by atoms with Crippen molar-refractivity contribution >= 4 is 5.71 Å². The Labute approximate surface area is 79.8 Å². The first-order valence-corrected chi connectivity index (χ1v) is 5.12. The quantitative estimate of drug-likeness (QED) is 0.504. The number of nitrogens with zero attached hydrogens (tertiary/aromatic N) is 1. The van der Waals surface area contributed by atoms with E-state index in [1.54, 1.807) is 7.11 Å². The molecule has 0 aliphatic heterocycles. The highest BCUT2D eigenvalue weighted by Gasteiger charge is 2.16. The third-order valence-electron chi connectivity index (χ3n) is 2.68. The van der Waals surface area contributed by atoms with E-state index < -0.39 is 0 Å². The zero-order chi connectivity index (χ0) is 9.52. The minimum Gasteiger partial charge on any atom is -0.411 e. The van der Waals surface area contributed by atoms with Crippen LogP contribution in [-0.2, 0) is 4.74 Å². The molecule has 1 saturated carbocycles. The topological polar surface area (TPSA) is 41.8 Å². The summed E-state index contributed by atoms with van der Waals surface area (Å²) in [6.07, 6.45) is 8.05. The third-order valence-corrected chi connectivity index (χ3v) is 2.68. The van der Waals surface area contributed by atoms with Gasteiger partial charge in [-0.05, 0) is 19.3 Å². The predicted octanol–water partition coefficient (Wildman–Crippen LogP) is 2.58. The number of hydrogen-bond acceptors (Lipinski definition) is 3. The Bertz CT molecular complexity index is 168. The highest BCUT2D eigenvalue weighted by molar-refractivity contribution is 5.88. The van der Waals surface area contributed by atoms with Crippen molar-refractivity contribution in [1.82, 2.24) is 0 Å². The fraction of sp³-hybridized carbons (Fsp3) is 0.900. The van der Waals surface area contributed by atoms with Crippen LogP contribution in [0.2, 0.25) is 0 Å². The molecule has 3 nitrogen and oxygen atoms in total. The van der Waals surface area contributed by atoms with Crippen molar-refractivity contribution in [2.45, 2.75) is 51.0 Å².